The van der Waals surface area contributed by atoms with Crippen LogP contribution in [0.4, 0.5) is 0 Å². The van der Waals surface area contributed by atoms with Crippen molar-refractivity contribution in [1.29, 1.82) is 0 Å². The van der Waals surface area contributed by atoms with Gasteiger partial charge in [-0.15, -0.1) is 0 Å². The highest BCUT2D eigenvalue weighted by Gasteiger charge is 2.26. The van der Waals surface area contributed by atoms with Crippen LogP contribution in [0.15, 0.2) is 46.1 Å². The molecule has 1 aliphatic heterocycles. The highest BCUT2D eigenvalue weighted by Crippen LogP contribution is 2.18. The number of rotatable bonds is 5. The standard InChI is InChI=1S/C17H17N5O4/c23-17(12-3-7-24-10-12)22-6-1-2-13(9-22)25-11-15-20-16(21-26-15)14-8-18-4-5-19-14/h3-5,7-8,10,13H,1-2,6,9,11H2/t13-/m1/s1. The van der Waals surface area contributed by atoms with E-state index in [2.05, 4.69) is 20.1 Å². The van der Waals surface area contributed by atoms with E-state index < -0.39 is 0 Å². The molecule has 1 amide bonds. The van der Waals surface area contributed by atoms with Gasteiger partial charge < -0.3 is 18.6 Å². The lowest BCUT2D eigenvalue weighted by Gasteiger charge is -2.32. The van der Waals surface area contributed by atoms with Crippen molar-refractivity contribution in [3.63, 3.8) is 0 Å². The van der Waals surface area contributed by atoms with Crippen molar-refractivity contribution in [1.82, 2.24) is 25.0 Å². The minimum Gasteiger partial charge on any atom is -0.472 e. The molecule has 0 saturated carbocycles. The van der Waals surface area contributed by atoms with E-state index in [0.717, 1.165) is 12.8 Å². The number of carbonyl (C=O) groups excluding carboxylic acids is 1. The number of ether oxygens (including phenoxy) is 1. The smallest absolute Gasteiger partial charge is 0.257 e. The molecule has 1 atom stereocenters. The van der Waals surface area contributed by atoms with Crippen LogP contribution in [0, 0.1) is 0 Å². The van der Waals surface area contributed by atoms with Crippen LogP contribution in [-0.4, -0.2) is 50.1 Å². The molecule has 0 aliphatic carbocycles. The molecule has 3 aromatic rings. The summed E-state index contributed by atoms with van der Waals surface area (Å²) in [5.41, 5.74) is 1.09. The zero-order valence-electron chi connectivity index (χ0n) is 13.9. The monoisotopic (exact) mass is 355 g/mol. The Morgan fingerprint density at radius 2 is 2.35 bits per heavy atom. The van der Waals surface area contributed by atoms with Gasteiger partial charge in [-0.05, 0) is 18.9 Å². The Morgan fingerprint density at radius 1 is 1.38 bits per heavy atom. The van der Waals surface area contributed by atoms with Crippen molar-refractivity contribution in [3.05, 3.63) is 48.6 Å². The van der Waals surface area contributed by atoms with Crippen molar-refractivity contribution in [3.8, 4) is 11.5 Å². The number of hydrogen-bond donors (Lipinski definition) is 0. The lowest BCUT2D eigenvalue weighted by atomic mass is 10.1. The summed E-state index contributed by atoms with van der Waals surface area (Å²) in [4.78, 5) is 26.5. The maximum atomic E-state index is 12.4. The van der Waals surface area contributed by atoms with Gasteiger partial charge in [-0.3, -0.25) is 9.78 Å². The fraction of sp³-hybridized carbons (Fsp3) is 0.353. The van der Waals surface area contributed by atoms with Crippen LogP contribution in [0.25, 0.3) is 11.5 Å². The number of amides is 1. The van der Waals surface area contributed by atoms with Crippen LogP contribution in [0.2, 0.25) is 0 Å². The maximum Gasteiger partial charge on any atom is 0.257 e. The molecule has 4 heterocycles. The van der Waals surface area contributed by atoms with Crippen LogP contribution < -0.4 is 0 Å². The van der Waals surface area contributed by atoms with Crippen LogP contribution in [0.1, 0.15) is 29.1 Å². The fourth-order valence-electron chi connectivity index (χ4n) is 2.85. The summed E-state index contributed by atoms with van der Waals surface area (Å²) in [6.07, 6.45) is 9.34. The average Bonchev–Trinajstić information content (AvgIpc) is 3.39. The van der Waals surface area contributed by atoms with Crippen molar-refractivity contribution in [2.24, 2.45) is 0 Å². The quantitative estimate of drug-likeness (QED) is 0.683. The van der Waals surface area contributed by atoms with Gasteiger partial charge in [0, 0.05) is 25.5 Å². The van der Waals surface area contributed by atoms with Gasteiger partial charge in [0.05, 0.1) is 24.1 Å². The van der Waals surface area contributed by atoms with Gasteiger partial charge in [-0.25, -0.2) is 4.98 Å². The molecule has 134 valence electrons. The third-order valence-electron chi connectivity index (χ3n) is 4.14. The number of aromatic nitrogens is 4. The normalized spacial score (nSPS) is 17.4. The number of likely N-dealkylation sites (tertiary alicyclic amines) is 1. The minimum absolute atomic E-state index is 0.0465. The van der Waals surface area contributed by atoms with Gasteiger partial charge in [0.2, 0.25) is 5.82 Å². The number of furan rings is 1. The van der Waals surface area contributed by atoms with Gasteiger partial charge in [-0.1, -0.05) is 5.16 Å². The number of hydrogen-bond acceptors (Lipinski definition) is 8. The van der Waals surface area contributed by atoms with E-state index in [1.807, 2.05) is 0 Å². The van der Waals surface area contributed by atoms with E-state index in [1.165, 1.54) is 12.5 Å². The molecule has 0 radical (unpaired) electrons. The molecule has 1 saturated heterocycles. The molecular formula is C17H17N5O4. The first-order valence-electron chi connectivity index (χ1n) is 8.31. The largest absolute Gasteiger partial charge is 0.472 e. The highest BCUT2D eigenvalue weighted by atomic mass is 16.5. The summed E-state index contributed by atoms with van der Waals surface area (Å²) in [6, 6.07) is 1.67. The Morgan fingerprint density at radius 3 is 3.15 bits per heavy atom. The molecule has 9 nitrogen and oxygen atoms in total. The molecular weight excluding hydrogens is 338 g/mol. The van der Waals surface area contributed by atoms with Gasteiger partial charge in [0.15, 0.2) is 0 Å². The minimum atomic E-state index is -0.0773. The molecule has 9 heteroatoms. The van der Waals surface area contributed by atoms with Gasteiger partial charge in [0.1, 0.15) is 18.6 Å². The lowest BCUT2D eigenvalue weighted by Crippen LogP contribution is -2.43. The van der Waals surface area contributed by atoms with Crippen LogP contribution in [0.3, 0.4) is 0 Å². The molecule has 0 unspecified atom stereocenters. The van der Waals surface area contributed by atoms with Crippen molar-refractivity contribution in [2.45, 2.75) is 25.6 Å². The topological polar surface area (TPSA) is 107 Å². The first-order chi connectivity index (χ1) is 12.8. The third kappa shape index (κ3) is 3.62. The van der Waals surface area contributed by atoms with E-state index in [-0.39, 0.29) is 18.6 Å². The Hall–Kier alpha value is -3.07. The summed E-state index contributed by atoms with van der Waals surface area (Å²) in [5.74, 6) is 0.691. The van der Waals surface area contributed by atoms with Gasteiger partial charge in [0.25, 0.3) is 11.8 Å². The third-order valence-corrected chi connectivity index (χ3v) is 4.14. The Kier molecular flexibility index (Phi) is 4.69. The average molecular weight is 355 g/mol. The zero-order valence-corrected chi connectivity index (χ0v) is 13.9. The SMILES string of the molecule is O=C(c1ccoc1)N1CCC[C@@H](OCc2nc(-c3cnccn3)no2)C1. The predicted molar refractivity (Wildman–Crippen MR) is 87.7 cm³/mol. The Balaban J connectivity index is 1.33. The molecule has 0 N–H and O–H groups in total. The molecule has 0 spiro atoms. The number of nitrogens with zero attached hydrogens (tertiary/aromatic N) is 5. The fourth-order valence-corrected chi connectivity index (χ4v) is 2.85. The Bertz CT molecular complexity index is 849. The summed E-state index contributed by atoms with van der Waals surface area (Å²) >= 11 is 0. The lowest BCUT2D eigenvalue weighted by molar-refractivity contribution is -0.0153. The van der Waals surface area contributed by atoms with Crippen molar-refractivity contribution >= 4 is 5.91 Å². The van der Waals surface area contributed by atoms with Crippen LogP contribution in [-0.2, 0) is 11.3 Å². The molecule has 1 fully saturated rings. The molecule has 0 bridgehead atoms. The van der Waals surface area contributed by atoms with Gasteiger partial charge >= 0.3 is 0 Å². The second kappa shape index (κ2) is 7.44. The summed E-state index contributed by atoms with van der Waals surface area (Å²) in [6.45, 7) is 1.42. The van der Waals surface area contributed by atoms with E-state index in [1.54, 1.807) is 29.6 Å². The number of piperidine rings is 1. The second-order valence-corrected chi connectivity index (χ2v) is 5.94. The first-order valence-corrected chi connectivity index (χ1v) is 8.31. The molecule has 4 rings (SSSR count). The summed E-state index contributed by atoms with van der Waals surface area (Å²) < 4.78 is 16.0. The maximum absolute atomic E-state index is 12.4. The van der Waals surface area contributed by atoms with E-state index >= 15 is 0 Å². The van der Waals surface area contributed by atoms with Crippen LogP contribution >= 0.6 is 0 Å². The summed E-state index contributed by atoms with van der Waals surface area (Å²) in [7, 11) is 0. The Labute approximate surface area is 149 Å². The van der Waals surface area contributed by atoms with Crippen molar-refractivity contribution in [2.75, 3.05) is 13.1 Å². The predicted octanol–water partition coefficient (Wildman–Crippen LogP) is 1.94. The highest BCUT2D eigenvalue weighted by molar-refractivity contribution is 5.93. The molecule has 1 aliphatic rings. The molecule has 26 heavy (non-hydrogen) atoms. The van der Waals surface area contributed by atoms with E-state index in [9.17, 15) is 4.79 Å². The van der Waals surface area contributed by atoms with E-state index in [4.69, 9.17) is 13.7 Å². The molecule has 0 aromatic carbocycles. The van der Waals surface area contributed by atoms with E-state index in [0.29, 0.717) is 36.1 Å². The molecule has 3 aromatic heterocycles. The zero-order chi connectivity index (χ0) is 17.8. The van der Waals surface area contributed by atoms with Crippen LogP contribution in [0.5, 0.6) is 0 Å². The van der Waals surface area contributed by atoms with Gasteiger partial charge in [-0.2, -0.15) is 4.98 Å². The number of carbonyl (C=O) groups is 1. The second-order valence-electron chi connectivity index (χ2n) is 5.94. The first kappa shape index (κ1) is 16.4. The van der Waals surface area contributed by atoms with Crippen molar-refractivity contribution < 1.29 is 18.5 Å². The summed E-state index contributed by atoms with van der Waals surface area (Å²) in [5, 5.41) is 3.88.